The Hall–Kier alpha value is -1.51. The lowest BCUT2D eigenvalue weighted by Gasteiger charge is -2.30. The van der Waals surface area contributed by atoms with E-state index in [-0.39, 0.29) is 11.7 Å². The summed E-state index contributed by atoms with van der Waals surface area (Å²) in [4.78, 5) is 13.4. The van der Waals surface area contributed by atoms with Gasteiger partial charge in [0.15, 0.2) is 0 Å². The molecule has 1 atom stereocenters. The molecular formula is C11H13NO2. The molecular weight excluding hydrogens is 178 g/mol. The van der Waals surface area contributed by atoms with Crippen molar-refractivity contribution in [1.29, 1.82) is 0 Å². The molecule has 1 aliphatic heterocycles. The number of carbonyl (C=O) groups excluding carboxylic acids is 1. The summed E-state index contributed by atoms with van der Waals surface area (Å²) in [5.74, 6) is 0.293. The average molecular weight is 191 g/mol. The summed E-state index contributed by atoms with van der Waals surface area (Å²) in [6, 6.07) is 5.25. The highest BCUT2D eigenvalue weighted by atomic mass is 16.3. The summed E-state index contributed by atoms with van der Waals surface area (Å²) < 4.78 is 0. The number of aromatic hydroxyl groups is 1. The first-order valence-corrected chi connectivity index (χ1v) is 4.68. The van der Waals surface area contributed by atoms with Crippen LogP contribution in [0.1, 0.15) is 28.8 Å². The topological polar surface area (TPSA) is 40.5 Å². The third-order valence-electron chi connectivity index (χ3n) is 2.71. The van der Waals surface area contributed by atoms with Crippen LogP contribution in [0.4, 0.5) is 0 Å². The second kappa shape index (κ2) is 3.01. The van der Waals surface area contributed by atoms with Crippen molar-refractivity contribution < 1.29 is 9.90 Å². The van der Waals surface area contributed by atoms with Gasteiger partial charge in [0.2, 0.25) is 0 Å². The number of phenols is 1. The Morgan fingerprint density at radius 2 is 2.21 bits per heavy atom. The fourth-order valence-electron chi connectivity index (χ4n) is 1.98. The van der Waals surface area contributed by atoms with Gasteiger partial charge in [-0.15, -0.1) is 0 Å². The second-order valence-corrected chi connectivity index (χ2v) is 3.83. The van der Waals surface area contributed by atoms with Crippen molar-refractivity contribution in [2.24, 2.45) is 0 Å². The monoisotopic (exact) mass is 191 g/mol. The Morgan fingerprint density at radius 1 is 1.50 bits per heavy atom. The van der Waals surface area contributed by atoms with Crippen LogP contribution in [0.2, 0.25) is 0 Å². The highest BCUT2D eigenvalue weighted by Gasteiger charge is 2.28. The van der Waals surface area contributed by atoms with Crippen LogP contribution in [0, 0.1) is 0 Å². The van der Waals surface area contributed by atoms with Crippen molar-refractivity contribution in [2.75, 3.05) is 13.6 Å². The predicted molar refractivity (Wildman–Crippen MR) is 53.5 cm³/mol. The molecule has 1 amide bonds. The van der Waals surface area contributed by atoms with Gasteiger partial charge < -0.3 is 10.0 Å². The fraction of sp³-hybridized carbons (Fsp3) is 0.364. The average Bonchev–Trinajstić information content (AvgIpc) is 2.14. The summed E-state index contributed by atoms with van der Waals surface area (Å²) in [6.07, 6.45) is 0. The molecule has 3 nitrogen and oxygen atoms in total. The normalized spacial score (nSPS) is 20.9. The van der Waals surface area contributed by atoms with E-state index in [9.17, 15) is 9.90 Å². The number of rotatable bonds is 0. The summed E-state index contributed by atoms with van der Waals surface area (Å²) in [6.45, 7) is 2.77. The largest absolute Gasteiger partial charge is 0.507 e. The number of fused-ring (bicyclic) bond motifs is 1. The zero-order valence-corrected chi connectivity index (χ0v) is 8.32. The number of hydrogen-bond donors (Lipinski definition) is 1. The second-order valence-electron chi connectivity index (χ2n) is 3.83. The molecule has 1 aromatic rings. The van der Waals surface area contributed by atoms with Gasteiger partial charge in [-0.2, -0.15) is 0 Å². The molecule has 1 N–H and O–H groups in total. The molecule has 0 spiro atoms. The lowest BCUT2D eigenvalue weighted by atomic mass is 9.90. The molecule has 1 aliphatic rings. The molecule has 1 aromatic carbocycles. The standard InChI is InChI=1S/C11H13NO2/c1-7-6-12(2)11(14)10-8(7)4-3-5-9(10)13/h3-5,7,13H,6H2,1-2H3. The molecule has 1 unspecified atom stereocenters. The number of amides is 1. The van der Waals surface area contributed by atoms with E-state index in [2.05, 4.69) is 6.92 Å². The lowest BCUT2D eigenvalue weighted by Crippen LogP contribution is -2.36. The molecule has 0 saturated heterocycles. The molecule has 0 saturated carbocycles. The number of hydrogen-bond acceptors (Lipinski definition) is 2. The molecule has 1 heterocycles. The van der Waals surface area contributed by atoms with Crippen molar-refractivity contribution in [3.05, 3.63) is 29.3 Å². The summed E-state index contributed by atoms with van der Waals surface area (Å²) in [5.41, 5.74) is 1.42. The maximum Gasteiger partial charge on any atom is 0.257 e. The highest BCUT2D eigenvalue weighted by molar-refractivity contribution is 5.99. The first-order valence-electron chi connectivity index (χ1n) is 4.68. The number of likely N-dealkylation sites (N-methyl/N-ethyl adjacent to an activating group) is 1. The van der Waals surface area contributed by atoms with Gasteiger partial charge in [0.1, 0.15) is 5.75 Å². The van der Waals surface area contributed by atoms with Gasteiger partial charge in [-0.1, -0.05) is 19.1 Å². The zero-order chi connectivity index (χ0) is 10.3. The molecule has 0 aliphatic carbocycles. The Morgan fingerprint density at radius 3 is 2.93 bits per heavy atom. The first-order chi connectivity index (χ1) is 6.61. The van der Waals surface area contributed by atoms with Crippen LogP contribution in [0.5, 0.6) is 5.75 Å². The molecule has 0 bridgehead atoms. The maximum atomic E-state index is 11.7. The fourth-order valence-corrected chi connectivity index (χ4v) is 1.98. The first kappa shape index (κ1) is 9.06. The van der Waals surface area contributed by atoms with E-state index in [0.29, 0.717) is 11.5 Å². The van der Waals surface area contributed by atoms with Crippen LogP contribution in [-0.4, -0.2) is 29.5 Å². The van der Waals surface area contributed by atoms with Gasteiger partial charge >= 0.3 is 0 Å². The molecule has 14 heavy (non-hydrogen) atoms. The highest BCUT2D eigenvalue weighted by Crippen LogP contribution is 2.32. The van der Waals surface area contributed by atoms with E-state index in [1.54, 1.807) is 24.1 Å². The van der Waals surface area contributed by atoms with Crippen molar-refractivity contribution in [3.63, 3.8) is 0 Å². The Bertz CT molecular complexity index is 387. The zero-order valence-electron chi connectivity index (χ0n) is 8.32. The number of nitrogens with zero attached hydrogens (tertiary/aromatic N) is 1. The third-order valence-corrected chi connectivity index (χ3v) is 2.71. The van der Waals surface area contributed by atoms with Crippen LogP contribution in [0.3, 0.4) is 0 Å². The number of carbonyl (C=O) groups is 1. The van der Waals surface area contributed by atoms with E-state index in [4.69, 9.17) is 0 Å². The van der Waals surface area contributed by atoms with Crippen LogP contribution >= 0.6 is 0 Å². The number of phenolic OH excluding ortho intramolecular Hbond substituents is 1. The van der Waals surface area contributed by atoms with Crippen LogP contribution in [0.15, 0.2) is 18.2 Å². The van der Waals surface area contributed by atoms with Crippen LogP contribution < -0.4 is 0 Å². The predicted octanol–water partition coefficient (Wildman–Crippen LogP) is 1.58. The molecule has 0 radical (unpaired) electrons. The molecule has 0 fully saturated rings. The summed E-state index contributed by atoms with van der Waals surface area (Å²) in [5, 5.41) is 9.61. The van der Waals surface area contributed by atoms with E-state index < -0.39 is 0 Å². The third kappa shape index (κ3) is 1.16. The SMILES string of the molecule is CC1CN(C)C(=O)c2c(O)cccc21. The maximum absolute atomic E-state index is 11.7. The van der Waals surface area contributed by atoms with Gasteiger partial charge in [-0.3, -0.25) is 4.79 Å². The van der Waals surface area contributed by atoms with Gasteiger partial charge in [-0.05, 0) is 17.5 Å². The van der Waals surface area contributed by atoms with Crippen LogP contribution in [-0.2, 0) is 0 Å². The lowest BCUT2D eigenvalue weighted by molar-refractivity contribution is 0.0764. The summed E-state index contributed by atoms with van der Waals surface area (Å²) >= 11 is 0. The van der Waals surface area contributed by atoms with E-state index >= 15 is 0 Å². The number of benzene rings is 1. The van der Waals surface area contributed by atoms with Crippen LogP contribution in [0.25, 0.3) is 0 Å². The van der Waals surface area contributed by atoms with Gasteiger partial charge in [0.05, 0.1) is 5.56 Å². The van der Waals surface area contributed by atoms with Gasteiger partial charge in [-0.25, -0.2) is 0 Å². The minimum atomic E-state index is -0.0869. The summed E-state index contributed by atoms with van der Waals surface area (Å²) in [7, 11) is 1.76. The van der Waals surface area contributed by atoms with E-state index in [1.165, 1.54) is 0 Å². The van der Waals surface area contributed by atoms with E-state index in [0.717, 1.165) is 12.1 Å². The minimum Gasteiger partial charge on any atom is -0.507 e. The molecule has 2 rings (SSSR count). The molecule has 74 valence electrons. The minimum absolute atomic E-state index is 0.0869. The molecule has 3 heteroatoms. The van der Waals surface area contributed by atoms with E-state index in [1.807, 2.05) is 6.07 Å². The smallest absolute Gasteiger partial charge is 0.257 e. The Labute approximate surface area is 83.0 Å². The Kier molecular flexibility index (Phi) is 1.95. The van der Waals surface area contributed by atoms with Crippen molar-refractivity contribution >= 4 is 5.91 Å². The quantitative estimate of drug-likeness (QED) is 0.676. The molecule has 0 aromatic heterocycles. The van der Waals surface area contributed by atoms with Gasteiger partial charge in [0, 0.05) is 13.6 Å². The van der Waals surface area contributed by atoms with Crippen molar-refractivity contribution in [3.8, 4) is 5.75 Å². The van der Waals surface area contributed by atoms with Gasteiger partial charge in [0.25, 0.3) is 5.91 Å². The van der Waals surface area contributed by atoms with Crippen molar-refractivity contribution in [1.82, 2.24) is 4.90 Å². The van der Waals surface area contributed by atoms with Crippen molar-refractivity contribution in [2.45, 2.75) is 12.8 Å². The Balaban J connectivity index is 2.62.